The van der Waals surface area contributed by atoms with Crippen molar-refractivity contribution in [1.82, 2.24) is 0 Å². The van der Waals surface area contributed by atoms with Crippen molar-refractivity contribution < 1.29 is 20.6 Å². The van der Waals surface area contributed by atoms with Gasteiger partial charge in [0.05, 0.1) is 0 Å². The predicted octanol–water partition coefficient (Wildman–Crippen LogP) is 4.73. The molecular formula is C17H22Nb. The molecule has 0 atom stereocenters. The molecule has 0 unspecified atom stereocenters. The minimum absolute atomic E-state index is 1.12. The summed E-state index contributed by atoms with van der Waals surface area (Å²) in [4.78, 5) is 0. The number of rotatable bonds is 7. The zero-order chi connectivity index (χ0) is 13.4. The summed E-state index contributed by atoms with van der Waals surface area (Å²) in [7, 11) is 0. The first-order valence-electron chi connectivity index (χ1n) is 6.57. The van der Waals surface area contributed by atoms with E-state index < -0.39 is 0 Å². The van der Waals surface area contributed by atoms with E-state index in [9.17, 15) is 0 Å². The Labute approximate surface area is 123 Å². The standard InChI is InChI=1S/C17H22.Nb/c1-5-7-14(3)8-9-16-10-12-17(13-11-16)15(4)6-2;/h2,6,10-13H,3,5,7-9H2,1,4H3;/b15-6+;. The number of hydrogen-bond donors (Lipinski definition) is 0. The van der Waals surface area contributed by atoms with Gasteiger partial charge in [-0.25, -0.2) is 0 Å². The fourth-order valence-corrected chi connectivity index (χ4v) is 2.49. The second-order valence-corrected chi connectivity index (χ2v) is 5.43. The molecular weight excluding hydrogens is 297 g/mol. The third-order valence-corrected chi connectivity index (χ3v) is 3.47. The van der Waals surface area contributed by atoms with Crippen molar-refractivity contribution in [3.05, 3.63) is 53.6 Å². The van der Waals surface area contributed by atoms with Gasteiger partial charge in [-0.1, -0.05) is 6.92 Å². The summed E-state index contributed by atoms with van der Waals surface area (Å²) in [6.45, 7) is 8.49. The Bertz CT molecular complexity index is 423. The first kappa shape index (κ1) is 15.4. The van der Waals surface area contributed by atoms with Crippen molar-refractivity contribution >= 4 is 9.80 Å². The quantitative estimate of drug-likeness (QED) is 0.503. The minimum atomic E-state index is 1.12. The van der Waals surface area contributed by atoms with Crippen LogP contribution in [0.1, 0.15) is 44.2 Å². The van der Waals surface area contributed by atoms with Crippen LogP contribution in [0.2, 0.25) is 0 Å². The zero-order valence-electron chi connectivity index (χ0n) is 11.4. The van der Waals surface area contributed by atoms with Gasteiger partial charge in [-0.3, -0.25) is 0 Å². The Morgan fingerprint density at radius 1 is 1.22 bits per heavy atom. The SMILES string of the molecule is C=C(CCC)CCc1ccc(/C(C)=C/[CH]=[Nb])cc1. The van der Waals surface area contributed by atoms with Crippen LogP contribution in [0.5, 0.6) is 0 Å². The molecule has 1 aromatic carbocycles. The van der Waals surface area contributed by atoms with Gasteiger partial charge in [0.15, 0.2) is 0 Å². The van der Waals surface area contributed by atoms with E-state index in [0.29, 0.717) is 0 Å². The molecule has 18 heavy (non-hydrogen) atoms. The second kappa shape index (κ2) is 8.42. The molecule has 0 heterocycles. The van der Waals surface area contributed by atoms with E-state index in [0.717, 1.165) is 19.3 Å². The molecule has 0 nitrogen and oxygen atoms in total. The summed E-state index contributed by atoms with van der Waals surface area (Å²) in [6, 6.07) is 8.93. The van der Waals surface area contributed by atoms with E-state index in [1.807, 2.05) is 0 Å². The molecule has 0 saturated heterocycles. The normalized spacial score (nSPS) is 11.3. The van der Waals surface area contributed by atoms with E-state index in [4.69, 9.17) is 0 Å². The van der Waals surface area contributed by atoms with Gasteiger partial charge in [0.25, 0.3) is 0 Å². The fraction of sp³-hybridized carbons (Fsp3) is 0.353. The molecule has 95 valence electrons. The molecule has 0 radical (unpaired) electrons. The summed E-state index contributed by atoms with van der Waals surface area (Å²) in [5.41, 5.74) is 5.43. The van der Waals surface area contributed by atoms with Crippen molar-refractivity contribution in [2.45, 2.75) is 39.5 Å². The van der Waals surface area contributed by atoms with Crippen LogP contribution in [-0.2, 0) is 27.0 Å². The van der Waals surface area contributed by atoms with Crippen LogP contribution in [0, 0.1) is 0 Å². The molecule has 0 saturated carbocycles. The van der Waals surface area contributed by atoms with Crippen LogP contribution < -0.4 is 0 Å². The summed E-state index contributed by atoms with van der Waals surface area (Å²) in [5.74, 6) is 0. The monoisotopic (exact) mass is 319 g/mol. The van der Waals surface area contributed by atoms with Gasteiger partial charge in [0, 0.05) is 0 Å². The summed E-state index contributed by atoms with van der Waals surface area (Å²) >= 11 is 1.72. The third-order valence-electron chi connectivity index (χ3n) is 3.10. The van der Waals surface area contributed by atoms with E-state index in [1.165, 1.54) is 28.7 Å². The molecule has 0 N–H and O–H groups in total. The Morgan fingerprint density at radius 2 is 1.89 bits per heavy atom. The summed E-state index contributed by atoms with van der Waals surface area (Å²) in [6.07, 6.45) is 6.77. The van der Waals surface area contributed by atoms with Crippen LogP contribution in [-0.4, -0.2) is 4.23 Å². The summed E-state index contributed by atoms with van der Waals surface area (Å²) in [5, 5.41) is 0. The number of allylic oxidation sites excluding steroid dienone is 3. The van der Waals surface area contributed by atoms with Gasteiger partial charge < -0.3 is 0 Å². The first-order chi connectivity index (χ1) is 8.67. The number of benzene rings is 1. The van der Waals surface area contributed by atoms with Crippen LogP contribution >= 0.6 is 0 Å². The summed E-state index contributed by atoms with van der Waals surface area (Å²) < 4.78 is 2.13. The van der Waals surface area contributed by atoms with Crippen molar-refractivity contribution in [2.24, 2.45) is 0 Å². The molecule has 1 aromatic rings. The van der Waals surface area contributed by atoms with Crippen LogP contribution in [0.4, 0.5) is 0 Å². The Hall–Kier alpha value is -0.690. The van der Waals surface area contributed by atoms with Crippen LogP contribution in [0.25, 0.3) is 5.57 Å². The average molecular weight is 319 g/mol. The van der Waals surface area contributed by atoms with Gasteiger partial charge in [-0.15, -0.1) is 0 Å². The molecule has 0 bridgehead atoms. The molecule has 0 amide bonds. The Balaban J connectivity index is 2.58. The van der Waals surface area contributed by atoms with E-state index in [2.05, 4.69) is 55.0 Å². The zero-order valence-corrected chi connectivity index (χ0v) is 13.6. The number of hydrogen-bond acceptors (Lipinski definition) is 0. The van der Waals surface area contributed by atoms with Gasteiger partial charge in [-0.05, 0) is 0 Å². The maximum atomic E-state index is 4.12. The predicted molar refractivity (Wildman–Crippen MR) is 78.5 cm³/mol. The topological polar surface area (TPSA) is 0 Å². The molecule has 0 spiro atoms. The van der Waals surface area contributed by atoms with Crippen molar-refractivity contribution in [3.63, 3.8) is 0 Å². The Morgan fingerprint density at radius 3 is 2.44 bits per heavy atom. The molecule has 0 aromatic heterocycles. The van der Waals surface area contributed by atoms with Crippen molar-refractivity contribution in [3.8, 4) is 0 Å². The van der Waals surface area contributed by atoms with Crippen LogP contribution in [0.3, 0.4) is 0 Å². The molecule has 0 aliphatic rings. The first-order valence-corrected chi connectivity index (χ1v) is 7.84. The van der Waals surface area contributed by atoms with E-state index in [1.54, 1.807) is 20.6 Å². The number of aryl methyl sites for hydroxylation is 1. The molecule has 0 aliphatic carbocycles. The van der Waals surface area contributed by atoms with Gasteiger partial charge in [0.2, 0.25) is 0 Å². The van der Waals surface area contributed by atoms with Crippen molar-refractivity contribution in [1.29, 1.82) is 0 Å². The van der Waals surface area contributed by atoms with E-state index >= 15 is 0 Å². The molecule has 1 heteroatoms. The van der Waals surface area contributed by atoms with Gasteiger partial charge in [-0.2, -0.15) is 0 Å². The van der Waals surface area contributed by atoms with Gasteiger partial charge >= 0.3 is 117 Å². The van der Waals surface area contributed by atoms with Crippen molar-refractivity contribution in [2.75, 3.05) is 0 Å². The van der Waals surface area contributed by atoms with E-state index in [-0.39, 0.29) is 0 Å². The molecule has 0 fully saturated rings. The molecule has 0 aliphatic heterocycles. The third kappa shape index (κ3) is 5.31. The van der Waals surface area contributed by atoms with Gasteiger partial charge in [0.1, 0.15) is 0 Å². The fourth-order valence-electron chi connectivity index (χ4n) is 1.94. The van der Waals surface area contributed by atoms with Crippen LogP contribution in [0.15, 0.2) is 42.5 Å². The second-order valence-electron chi connectivity index (χ2n) is 4.70. The Kier molecular flexibility index (Phi) is 7.19. The average Bonchev–Trinajstić information content (AvgIpc) is 2.37. The maximum absolute atomic E-state index is 4.12. The molecule has 1 rings (SSSR count).